The summed E-state index contributed by atoms with van der Waals surface area (Å²) in [5.41, 5.74) is 4.34. The molecule has 0 radical (unpaired) electrons. The van der Waals surface area contributed by atoms with Crippen LogP contribution in [-0.4, -0.2) is 57.3 Å². The molecule has 1 saturated heterocycles. The number of hydrogen-bond acceptors (Lipinski definition) is 4. The van der Waals surface area contributed by atoms with Gasteiger partial charge in [0.1, 0.15) is 0 Å². The molecule has 31 heavy (non-hydrogen) atoms. The SMILES string of the molecule is Cc1cccc(CN2CCCC(C(=O)N3CCc4cc(S(=O)(=O)N(C)C)ccc43)C2)c1. The number of amides is 1. The lowest BCUT2D eigenvalue weighted by molar-refractivity contribution is -0.124. The third-order valence-corrected chi connectivity index (χ3v) is 8.15. The first-order chi connectivity index (χ1) is 14.8. The molecule has 2 heterocycles. The standard InChI is InChI=1S/C24H31N3O3S/c1-18-6-4-7-19(14-18)16-26-12-5-8-21(17-26)24(28)27-13-11-20-15-22(9-10-23(20)27)31(29,30)25(2)3/h4,6-7,9-10,14-15,21H,5,8,11-13,16-17H2,1-3H3. The van der Waals surface area contributed by atoms with Crippen LogP contribution in [0.5, 0.6) is 0 Å². The maximum Gasteiger partial charge on any atom is 0.242 e. The van der Waals surface area contributed by atoms with E-state index in [-0.39, 0.29) is 16.7 Å². The monoisotopic (exact) mass is 441 g/mol. The highest BCUT2D eigenvalue weighted by Gasteiger charge is 2.33. The zero-order valence-electron chi connectivity index (χ0n) is 18.5. The number of hydrogen-bond donors (Lipinski definition) is 0. The molecule has 1 fully saturated rings. The van der Waals surface area contributed by atoms with Crippen molar-refractivity contribution in [2.75, 3.05) is 38.6 Å². The minimum Gasteiger partial charge on any atom is -0.312 e. The van der Waals surface area contributed by atoms with E-state index < -0.39 is 10.0 Å². The average Bonchev–Trinajstić information content (AvgIpc) is 3.16. The Labute approximate surface area is 185 Å². The highest BCUT2D eigenvalue weighted by molar-refractivity contribution is 7.89. The van der Waals surface area contributed by atoms with Crippen LogP contribution in [0.25, 0.3) is 0 Å². The number of aryl methyl sites for hydroxylation is 1. The predicted octanol–water partition coefficient (Wildman–Crippen LogP) is 3.05. The maximum atomic E-state index is 13.4. The number of nitrogens with zero attached hydrogens (tertiary/aromatic N) is 3. The predicted molar refractivity (Wildman–Crippen MR) is 123 cm³/mol. The van der Waals surface area contributed by atoms with Crippen LogP contribution >= 0.6 is 0 Å². The molecule has 2 aromatic carbocycles. The van der Waals surface area contributed by atoms with Gasteiger partial charge in [-0.25, -0.2) is 12.7 Å². The fourth-order valence-corrected chi connectivity index (χ4v) is 5.62. The first kappa shape index (κ1) is 22.0. The number of rotatable bonds is 5. The van der Waals surface area contributed by atoms with E-state index in [9.17, 15) is 13.2 Å². The summed E-state index contributed by atoms with van der Waals surface area (Å²) in [6.45, 7) is 5.37. The van der Waals surface area contributed by atoms with Gasteiger partial charge < -0.3 is 4.90 Å². The van der Waals surface area contributed by atoms with E-state index in [4.69, 9.17) is 0 Å². The molecule has 1 amide bonds. The quantitative estimate of drug-likeness (QED) is 0.716. The Bertz CT molecular complexity index is 1080. The van der Waals surface area contributed by atoms with Gasteiger partial charge in [0.05, 0.1) is 10.8 Å². The lowest BCUT2D eigenvalue weighted by Crippen LogP contribution is -2.44. The number of carbonyl (C=O) groups is 1. The molecule has 0 N–H and O–H groups in total. The number of benzene rings is 2. The number of anilines is 1. The lowest BCUT2D eigenvalue weighted by atomic mass is 9.96. The summed E-state index contributed by atoms with van der Waals surface area (Å²) in [6.07, 6.45) is 2.61. The van der Waals surface area contributed by atoms with Gasteiger partial charge in [0.15, 0.2) is 0 Å². The fraction of sp³-hybridized carbons (Fsp3) is 0.458. The van der Waals surface area contributed by atoms with Gasteiger partial charge in [0, 0.05) is 39.4 Å². The van der Waals surface area contributed by atoms with Crippen molar-refractivity contribution in [1.29, 1.82) is 0 Å². The molecule has 4 rings (SSSR count). The molecule has 0 spiro atoms. The molecular weight excluding hydrogens is 410 g/mol. The number of sulfonamides is 1. The molecule has 1 unspecified atom stereocenters. The highest BCUT2D eigenvalue weighted by Crippen LogP contribution is 2.33. The Morgan fingerprint density at radius 3 is 2.68 bits per heavy atom. The van der Waals surface area contributed by atoms with E-state index in [1.807, 2.05) is 4.90 Å². The Hall–Kier alpha value is -2.22. The largest absolute Gasteiger partial charge is 0.312 e. The first-order valence-corrected chi connectivity index (χ1v) is 12.3. The van der Waals surface area contributed by atoms with Crippen LogP contribution in [-0.2, 0) is 27.8 Å². The highest BCUT2D eigenvalue weighted by atomic mass is 32.2. The molecule has 2 aliphatic heterocycles. The molecule has 1 atom stereocenters. The van der Waals surface area contributed by atoms with E-state index in [2.05, 4.69) is 36.1 Å². The summed E-state index contributed by atoms with van der Waals surface area (Å²) in [7, 11) is -0.410. The van der Waals surface area contributed by atoms with Crippen LogP contribution in [0.4, 0.5) is 5.69 Å². The molecule has 0 saturated carbocycles. The van der Waals surface area contributed by atoms with Gasteiger partial charge in [-0.1, -0.05) is 29.8 Å². The van der Waals surface area contributed by atoms with Gasteiger partial charge >= 0.3 is 0 Å². The molecule has 166 valence electrons. The smallest absolute Gasteiger partial charge is 0.242 e. The van der Waals surface area contributed by atoms with Gasteiger partial charge in [-0.3, -0.25) is 9.69 Å². The summed E-state index contributed by atoms with van der Waals surface area (Å²) in [4.78, 5) is 17.9. The van der Waals surface area contributed by atoms with E-state index in [0.29, 0.717) is 13.0 Å². The number of likely N-dealkylation sites (tertiary alicyclic amines) is 1. The van der Waals surface area contributed by atoms with Gasteiger partial charge in [0.25, 0.3) is 0 Å². The van der Waals surface area contributed by atoms with E-state index in [1.54, 1.807) is 18.2 Å². The molecule has 0 aliphatic carbocycles. The fourth-order valence-electron chi connectivity index (χ4n) is 4.67. The average molecular weight is 442 g/mol. The number of fused-ring (bicyclic) bond motifs is 1. The zero-order valence-corrected chi connectivity index (χ0v) is 19.4. The molecule has 0 aromatic heterocycles. The van der Waals surface area contributed by atoms with Crippen molar-refractivity contribution >= 4 is 21.6 Å². The molecule has 2 aliphatic rings. The molecule has 7 heteroatoms. The van der Waals surface area contributed by atoms with Crippen molar-refractivity contribution in [3.63, 3.8) is 0 Å². The maximum absolute atomic E-state index is 13.4. The molecule has 0 bridgehead atoms. The number of carbonyl (C=O) groups excluding carboxylic acids is 1. The Kier molecular flexibility index (Phi) is 6.19. The van der Waals surface area contributed by atoms with Crippen molar-refractivity contribution in [2.45, 2.75) is 37.6 Å². The van der Waals surface area contributed by atoms with Crippen LogP contribution < -0.4 is 4.90 Å². The molecule has 6 nitrogen and oxygen atoms in total. The van der Waals surface area contributed by atoms with Gasteiger partial charge in [-0.15, -0.1) is 0 Å². The summed E-state index contributed by atoms with van der Waals surface area (Å²) < 4.78 is 26.1. The molecule has 2 aromatic rings. The van der Waals surface area contributed by atoms with Crippen molar-refractivity contribution in [2.24, 2.45) is 5.92 Å². The summed E-state index contributed by atoms with van der Waals surface area (Å²) >= 11 is 0. The zero-order chi connectivity index (χ0) is 22.2. The Morgan fingerprint density at radius 1 is 1.13 bits per heavy atom. The van der Waals surface area contributed by atoms with E-state index >= 15 is 0 Å². The van der Waals surface area contributed by atoms with Crippen molar-refractivity contribution < 1.29 is 13.2 Å². The second kappa shape index (κ2) is 8.73. The van der Waals surface area contributed by atoms with Crippen LogP contribution in [0.3, 0.4) is 0 Å². The normalized spacial score (nSPS) is 19.6. The lowest BCUT2D eigenvalue weighted by Gasteiger charge is -2.34. The Morgan fingerprint density at radius 2 is 1.94 bits per heavy atom. The van der Waals surface area contributed by atoms with Crippen LogP contribution in [0.2, 0.25) is 0 Å². The minimum atomic E-state index is -3.47. The van der Waals surface area contributed by atoms with Crippen molar-refractivity contribution in [1.82, 2.24) is 9.21 Å². The van der Waals surface area contributed by atoms with Gasteiger partial charge in [0.2, 0.25) is 15.9 Å². The number of piperidine rings is 1. The van der Waals surface area contributed by atoms with Crippen molar-refractivity contribution in [3.8, 4) is 0 Å². The summed E-state index contributed by atoms with van der Waals surface area (Å²) in [5, 5.41) is 0. The van der Waals surface area contributed by atoms with Crippen molar-refractivity contribution in [3.05, 3.63) is 59.2 Å². The van der Waals surface area contributed by atoms with Crippen LogP contribution in [0, 0.1) is 12.8 Å². The second-order valence-corrected chi connectivity index (χ2v) is 11.0. The van der Waals surface area contributed by atoms with Gasteiger partial charge in [-0.2, -0.15) is 0 Å². The first-order valence-electron chi connectivity index (χ1n) is 10.9. The van der Waals surface area contributed by atoms with Crippen LogP contribution in [0.15, 0.2) is 47.4 Å². The van der Waals surface area contributed by atoms with E-state index in [1.165, 1.54) is 29.5 Å². The Balaban J connectivity index is 1.47. The van der Waals surface area contributed by atoms with Gasteiger partial charge in [-0.05, 0) is 62.1 Å². The second-order valence-electron chi connectivity index (χ2n) is 8.88. The summed E-state index contributed by atoms with van der Waals surface area (Å²) in [6, 6.07) is 13.7. The summed E-state index contributed by atoms with van der Waals surface area (Å²) in [5.74, 6) is 0.144. The third kappa shape index (κ3) is 4.54. The van der Waals surface area contributed by atoms with Crippen LogP contribution in [0.1, 0.15) is 29.5 Å². The molecular formula is C24H31N3O3S. The topological polar surface area (TPSA) is 60.9 Å². The minimum absolute atomic E-state index is 0.0188. The van der Waals surface area contributed by atoms with E-state index in [0.717, 1.165) is 43.7 Å². The third-order valence-electron chi connectivity index (χ3n) is 6.33.